The van der Waals surface area contributed by atoms with E-state index in [0.717, 1.165) is 17.9 Å². The van der Waals surface area contributed by atoms with E-state index in [0.29, 0.717) is 0 Å². The molecule has 0 saturated heterocycles. The van der Waals surface area contributed by atoms with Crippen molar-refractivity contribution in [1.29, 1.82) is 0 Å². The minimum Gasteiger partial charge on any atom is -0.490 e. The standard InChI is InChI=1S/C25H36O2/c1-10-25(9,27-22-13-11-18(4)12-14-22)24(7,8)21-15-19(5)23(20(6)16-21)26-17(2)3/h11-17H,10H2,1-9H3. The maximum atomic E-state index is 6.57. The molecule has 1 unspecified atom stereocenters. The fourth-order valence-electron chi connectivity index (χ4n) is 3.55. The SMILES string of the molecule is CCC(C)(Oc1ccc(C)cc1)C(C)(C)c1cc(C)c(OC(C)C)c(C)c1. The van der Waals surface area contributed by atoms with Crippen LogP contribution in [0.15, 0.2) is 36.4 Å². The second-order valence-corrected chi connectivity index (χ2v) is 8.73. The van der Waals surface area contributed by atoms with Gasteiger partial charge in [-0.15, -0.1) is 0 Å². The number of benzene rings is 2. The maximum Gasteiger partial charge on any atom is 0.125 e. The first-order valence-electron chi connectivity index (χ1n) is 10.0. The van der Waals surface area contributed by atoms with Crippen molar-refractivity contribution in [2.24, 2.45) is 0 Å². The first kappa shape index (κ1) is 21.3. The quantitative estimate of drug-likeness (QED) is 0.528. The number of aryl methyl sites for hydroxylation is 3. The molecule has 0 aliphatic rings. The van der Waals surface area contributed by atoms with Crippen molar-refractivity contribution in [3.63, 3.8) is 0 Å². The topological polar surface area (TPSA) is 18.5 Å². The lowest BCUT2D eigenvalue weighted by Gasteiger charge is -2.44. The molecule has 2 aromatic rings. The zero-order valence-corrected chi connectivity index (χ0v) is 18.6. The van der Waals surface area contributed by atoms with Crippen molar-refractivity contribution >= 4 is 0 Å². The molecule has 0 bridgehead atoms. The molecule has 0 aliphatic heterocycles. The summed E-state index contributed by atoms with van der Waals surface area (Å²) in [6.45, 7) is 19.5. The van der Waals surface area contributed by atoms with E-state index < -0.39 is 0 Å². The largest absolute Gasteiger partial charge is 0.490 e. The van der Waals surface area contributed by atoms with Crippen molar-refractivity contribution in [3.8, 4) is 11.5 Å². The minimum atomic E-state index is -0.332. The van der Waals surface area contributed by atoms with E-state index in [1.165, 1.54) is 22.3 Å². The van der Waals surface area contributed by atoms with Crippen LogP contribution in [0.2, 0.25) is 0 Å². The number of ether oxygens (including phenoxy) is 2. The van der Waals surface area contributed by atoms with Crippen molar-refractivity contribution in [3.05, 3.63) is 58.7 Å². The van der Waals surface area contributed by atoms with Gasteiger partial charge in [-0.2, -0.15) is 0 Å². The van der Waals surface area contributed by atoms with Gasteiger partial charge in [-0.1, -0.05) is 50.6 Å². The molecule has 0 saturated carbocycles. The lowest BCUT2D eigenvalue weighted by molar-refractivity contribution is 0.0137. The summed E-state index contributed by atoms with van der Waals surface area (Å²) in [5, 5.41) is 0. The smallest absolute Gasteiger partial charge is 0.125 e. The highest BCUT2D eigenvalue weighted by molar-refractivity contribution is 5.46. The van der Waals surface area contributed by atoms with Gasteiger partial charge in [0.05, 0.1) is 6.10 Å². The Balaban J connectivity index is 2.42. The van der Waals surface area contributed by atoms with E-state index in [-0.39, 0.29) is 17.1 Å². The zero-order chi connectivity index (χ0) is 20.4. The summed E-state index contributed by atoms with van der Waals surface area (Å²) in [4.78, 5) is 0. The third kappa shape index (κ3) is 4.48. The van der Waals surface area contributed by atoms with Crippen LogP contribution in [0.4, 0.5) is 0 Å². The second-order valence-electron chi connectivity index (χ2n) is 8.73. The second kappa shape index (κ2) is 7.96. The highest BCUT2D eigenvalue weighted by Crippen LogP contribution is 2.42. The predicted octanol–water partition coefficient (Wildman–Crippen LogP) is 6.92. The van der Waals surface area contributed by atoms with Crippen molar-refractivity contribution in [2.45, 2.75) is 85.9 Å². The molecule has 2 heteroatoms. The van der Waals surface area contributed by atoms with E-state index in [1.54, 1.807) is 0 Å². The van der Waals surface area contributed by atoms with Gasteiger partial charge in [0.2, 0.25) is 0 Å². The Hall–Kier alpha value is -1.96. The average molecular weight is 369 g/mol. The summed E-state index contributed by atoms with van der Waals surface area (Å²) < 4.78 is 12.6. The van der Waals surface area contributed by atoms with Crippen LogP contribution in [0, 0.1) is 20.8 Å². The van der Waals surface area contributed by atoms with Gasteiger partial charge in [0.25, 0.3) is 0 Å². The molecule has 0 radical (unpaired) electrons. The summed E-state index contributed by atoms with van der Waals surface area (Å²) in [5.41, 5.74) is 4.39. The number of rotatable bonds is 7. The van der Waals surface area contributed by atoms with Gasteiger partial charge in [-0.3, -0.25) is 0 Å². The lowest BCUT2D eigenvalue weighted by atomic mass is 9.69. The predicted molar refractivity (Wildman–Crippen MR) is 115 cm³/mol. The molecule has 2 aromatic carbocycles. The molecule has 1 atom stereocenters. The molecule has 0 heterocycles. The third-order valence-electron chi connectivity index (χ3n) is 5.90. The fraction of sp³-hybridized carbons (Fsp3) is 0.520. The van der Waals surface area contributed by atoms with Crippen LogP contribution in [0.3, 0.4) is 0 Å². The van der Waals surface area contributed by atoms with Gasteiger partial charge in [0.1, 0.15) is 17.1 Å². The van der Waals surface area contributed by atoms with Crippen molar-refractivity contribution in [2.75, 3.05) is 0 Å². The number of hydrogen-bond acceptors (Lipinski definition) is 2. The van der Waals surface area contributed by atoms with Crippen LogP contribution in [0.25, 0.3) is 0 Å². The van der Waals surface area contributed by atoms with Crippen LogP contribution < -0.4 is 9.47 Å². The summed E-state index contributed by atoms with van der Waals surface area (Å²) in [6.07, 6.45) is 1.09. The monoisotopic (exact) mass is 368 g/mol. The molecule has 0 spiro atoms. The van der Waals surface area contributed by atoms with E-state index in [4.69, 9.17) is 9.47 Å². The summed E-state index contributed by atoms with van der Waals surface area (Å²) in [5.74, 6) is 1.92. The third-order valence-corrected chi connectivity index (χ3v) is 5.90. The molecular formula is C25H36O2. The van der Waals surface area contributed by atoms with E-state index >= 15 is 0 Å². The Labute approximate surface area is 165 Å². The Bertz CT molecular complexity index is 748. The molecule has 0 amide bonds. The Morgan fingerprint density at radius 3 is 1.85 bits per heavy atom. The first-order chi connectivity index (χ1) is 12.5. The highest BCUT2D eigenvalue weighted by Gasteiger charge is 2.43. The highest BCUT2D eigenvalue weighted by atomic mass is 16.5. The minimum absolute atomic E-state index is 0.168. The van der Waals surface area contributed by atoms with Gasteiger partial charge in [0.15, 0.2) is 0 Å². The molecule has 148 valence electrons. The van der Waals surface area contributed by atoms with Crippen LogP contribution in [-0.2, 0) is 5.41 Å². The first-order valence-corrected chi connectivity index (χ1v) is 10.0. The fourth-order valence-corrected chi connectivity index (χ4v) is 3.55. The number of hydrogen-bond donors (Lipinski definition) is 0. The van der Waals surface area contributed by atoms with Crippen LogP contribution in [0.5, 0.6) is 11.5 Å². The maximum absolute atomic E-state index is 6.57. The molecule has 2 nitrogen and oxygen atoms in total. The Morgan fingerprint density at radius 2 is 1.41 bits per heavy atom. The van der Waals surface area contributed by atoms with Crippen LogP contribution in [-0.4, -0.2) is 11.7 Å². The molecule has 27 heavy (non-hydrogen) atoms. The van der Waals surface area contributed by atoms with Gasteiger partial charge in [0, 0.05) is 5.41 Å². The van der Waals surface area contributed by atoms with Gasteiger partial charge in [-0.05, 0) is 76.8 Å². The molecule has 0 fully saturated rings. The molecule has 2 rings (SSSR count). The molecular weight excluding hydrogens is 332 g/mol. The van der Waals surface area contributed by atoms with Gasteiger partial charge < -0.3 is 9.47 Å². The van der Waals surface area contributed by atoms with E-state index in [9.17, 15) is 0 Å². The molecule has 0 aromatic heterocycles. The summed E-state index contributed by atoms with van der Waals surface area (Å²) in [6, 6.07) is 12.9. The van der Waals surface area contributed by atoms with E-state index in [2.05, 4.69) is 98.7 Å². The van der Waals surface area contributed by atoms with Gasteiger partial charge >= 0.3 is 0 Å². The van der Waals surface area contributed by atoms with Crippen LogP contribution >= 0.6 is 0 Å². The lowest BCUT2D eigenvalue weighted by Crippen LogP contribution is -2.49. The average Bonchev–Trinajstić information content (AvgIpc) is 2.59. The van der Waals surface area contributed by atoms with Crippen LogP contribution in [0.1, 0.15) is 70.2 Å². The zero-order valence-electron chi connectivity index (χ0n) is 18.6. The summed E-state index contributed by atoms with van der Waals surface area (Å²) in [7, 11) is 0. The van der Waals surface area contributed by atoms with E-state index in [1.807, 2.05) is 0 Å². The molecule has 0 aliphatic carbocycles. The van der Waals surface area contributed by atoms with Crippen molar-refractivity contribution in [1.82, 2.24) is 0 Å². The normalized spacial score (nSPS) is 14.1. The van der Waals surface area contributed by atoms with Gasteiger partial charge in [-0.25, -0.2) is 0 Å². The van der Waals surface area contributed by atoms with Crippen molar-refractivity contribution < 1.29 is 9.47 Å². The summed E-state index contributed by atoms with van der Waals surface area (Å²) >= 11 is 0. The molecule has 0 N–H and O–H groups in total. The Morgan fingerprint density at radius 1 is 0.889 bits per heavy atom. The Kier molecular flexibility index (Phi) is 6.29.